The van der Waals surface area contributed by atoms with Gasteiger partial charge in [0.2, 0.25) is 0 Å². The highest BCUT2D eigenvalue weighted by atomic mass is 32.2. The van der Waals surface area contributed by atoms with Gasteiger partial charge in [0.1, 0.15) is 11.4 Å². The molecule has 2 N–H and O–H groups in total. The van der Waals surface area contributed by atoms with E-state index in [0.29, 0.717) is 6.54 Å². The molecule has 96 valence electrons. The summed E-state index contributed by atoms with van der Waals surface area (Å²) in [5.41, 5.74) is 0.0282. The molecule has 1 saturated carbocycles. The lowest BCUT2D eigenvalue weighted by Gasteiger charge is -2.12. The molecule has 0 aliphatic heterocycles. The predicted octanol–water partition coefficient (Wildman–Crippen LogP) is 1.41. The Hall–Kier alpha value is -1.56. The van der Waals surface area contributed by atoms with Crippen molar-refractivity contribution in [3.05, 3.63) is 29.6 Å². The minimum absolute atomic E-state index is 0.117. The molecule has 0 aromatic carbocycles. The molecule has 1 aromatic rings. The molecule has 18 heavy (non-hydrogen) atoms. The fraction of sp³-hybridized carbons (Fsp3) is 0.417. The number of thioether (sulfide) groups is 1. The van der Waals surface area contributed by atoms with E-state index in [1.54, 1.807) is 11.8 Å². The van der Waals surface area contributed by atoms with Crippen LogP contribution < -0.4 is 5.32 Å². The van der Waals surface area contributed by atoms with Gasteiger partial charge in [0.05, 0.1) is 0 Å². The summed E-state index contributed by atoms with van der Waals surface area (Å²) in [6.45, 7) is 0.603. The first-order chi connectivity index (χ1) is 8.56. The van der Waals surface area contributed by atoms with E-state index in [1.807, 2.05) is 6.26 Å². The Kier molecular flexibility index (Phi) is 3.56. The van der Waals surface area contributed by atoms with E-state index in [4.69, 9.17) is 5.11 Å². The van der Waals surface area contributed by atoms with Crippen LogP contribution in [0.25, 0.3) is 0 Å². The van der Waals surface area contributed by atoms with Gasteiger partial charge in [-0.3, -0.25) is 4.79 Å². The number of pyridine rings is 1. The number of rotatable bonds is 5. The minimum Gasteiger partial charge on any atom is -0.477 e. The number of carboxylic acid groups (broad SMARTS) is 1. The van der Waals surface area contributed by atoms with Crippen LogP contribution in [0.1, 0.15) is 33.8 Å². The van der Waals surface area contributed by atoms with E-state index in [9.17, 15) is 9.59 Å². The van der Waals surface area contributed by atoms with Crippen molar-refractivity contribution in [2.24, 2.45) is 0 Å². The molecule has 0 spiro atoms. The van der Waals surface area contributed by atoms with Crippen LogP contribution in [-0.2, 0) is 0 Å². The second-order valence-corrected chi connectivity index (χ2v) is 5.56. The Morgan fingerprint density at radius 3 is 2.67 bits per heavy atom. The molecule has 6 heteroatoms. The number of aromatic nitrogens is 1. The lowest BCUT2D eigenvalue weighted by Crippen LogP contribution is -2.32. The average Bonchev–Trinajstić information content (AvgIpc) is 3.17. The number of hydrogen-bond donors (Lipinski definition) is 2. The van der Waals surface area contributed by atoms with Gasteiger partial charge < -0.3 is 10.4 Å². The zero-order valence-corrected chi connectivity index (χ0v) is 10.8. The molecule has 0 radical (unpaired) electrons. The summed E-state index contributed by atoms with van der Waals surface area (Å²) in [6.07, 6.45) is 4.25. The molecule has 0 bridgehead atoms. The normalized spacial score (nSPS) is 16.1. The van der Waals surface area contributed by atoms with Crippen molar-refractivity contribution in [1.29, 1.82) is 0 Å². The molecule has 1 aromatic heterocycles. The standard InChI is InChI=1S/C12H14N2O3S/c1-18-12(5-6-12)7-13-10(15)8-3-2-4-9(14-8)11(16)17/h2-4H,5-7H2,1H3,(H,13,15)(H,16,17). The maximum Gasteiger partial charge on any atom is 0.354 e. The van der Waals surface area contributed by atoms with E-state index in [-0.39, 0.29) is 22.0 Å². The molecular formula is C12H14N2O3S. The third kappa shape index (κ3) is 2.81. The quantitative estimate of drug-likeness (QED) is 0.842. The minimum atomic E-state index is -1.13. The van der Waals surface area contributed by atoms with Gasteiger partial charge in [0.25, 0.3) is 5.91 Å². The average molecular weight is 266 g/mol. The first-order valence-corrected chi connectivity index (χ1v) is 6.82. The number of nitrogens with one attached hydrogen (secondary N) is 1. The zero-order chi connectivity index (χ0) is 13.2. The topological polar surface area (TPSA) is 79.3 Å². The van der Waals surface area contributed by atoms with Gasteiger partial charge in [0.15, 0.2) is 0 Å². The third-order valence-electron chi connectivity index (χ3n) is 3.01. The van der Waals surface area contributed by atoms with Gasteiger partial charge in [0, 0.05) is 11.3 Å². The molecule has 1 aliphatic rings. The number of amides is 1. The molecule has 2 rings (SSSR count). The van der Waals surface area contributed by atoms with Crippen LogP contribution in [0.3, 0.4) is 0 Å². The van der Waals surface area contributed by atoms with Gasteiger partial charge >= 0.3 is 5.97 Å². The van der Waals surface area contributed by atoms with Crippen LogP contribution in [-0.4, -0.2) is 39.5 Å². The van der Waals surface area contributed by atoms with Crippen molar-refractivity contribution >= 4 is 23.6 Å². The predicted molar refractivity (Wildman–Crippen MR) is 69.0 cm³/mol. The third-order valence-corrected chi connectivity index (χ3v) is 4.43. The van der Waals surface area contributed by atoms with Gasteiger partial charge in [-0.25, -0.2) is 9.78 Å². The lowest BCUT2D eigenvalue weighted by molar-refractivity contribution is 0.0690. The number of carbonyl (C=O) groups is 2. The van der Waals surface area contributed by atoms with Crippen molar-refractivity contribution < 1.29 is 14.7 Å². The smallest absolute Gasteiger partial charge is 0.354 e. The highest BCUT2D eigenvalue weighted by Crippen LogP contribution is 2.46. The summed E-state index contributed by atoms with van der Waals surface area (Å²) < 4.78 is 0.181. The second-order valence-electron chi connectivity index (χ2n) is 4.28. The number of nitrogens with zero attached hydrogens (tertiary/aromatic N) is 1. The molecule has 5 nitrogen and oxygen atoms in total. The Morgan fingerprint density at radius 1 is 1.44 bits per heavy atom. The van der Waals surface area contributed by atoms with Crippen LogP contribution in [0, 0.1) is 0 Å². The monoisotopic (exact) mass is 266 g/mol. The van der Waals surface area contributed by atoms with E-state index in [2.05, 4.69) is 10.3 Å². The van der Waals surface area contributed by atoms with Crippen LogP contribution in [0.4, 0.5) is 0 Å². The van der Waals surface area contributed by atoms with Crippen LogP contribution in [0.5, 0.6) is 0 Å². The van der Waals surface area contributed by atoms with Crippen molar-refractivity contribution in [2.75, 3.05) is 12.8 Å². The molecule has 0 unspecified atom stereocenters. The van der Waals surface area contributed by atoms with Crippen molar-refractivity contribution in [3.63, 3.8) is 0 Å². The van der Waals surface area contributed by atoms with Gasteiger partial charge in [-0.15, -0.1) is 0 Å². The first kappa shape index (κ1) is 12.9. The van der Waals surface area contributed by atoms with Crippen LogP contribution >= 0.6 is 11.8 Å². The van der Waals surface area contributed by atoms with Gasteiger partial charge in [-0.2, -0.15) is 11.8 Å². The Balaban J connectivity index is 2.00. The van der Waals surface area contributed by atoms with E-state index >= 15 is 0 Å². The molecule has 0 atom stereocenters. The molecule has 1 fully saturated rings. The van der Waals surface area contributed by atoms with Crippen LogP contribution in [0.15, 0.2) is 18.2 Å². The van der Waals surface area contributed by atoms with Gasteiger partial charge in [-0.05, 0) is 31.2 Å². The van der Waals surface area contributed by atoms with Crippen LogP contribution in [0.2, 0.25) is 0 Å². The van der Waals surface area contributed by atoms with E-state index in [0.717, 1.165) is 12.8 Å². The maximum absolute atomic E-state index is 11.8. The summed E-state index contributed by atoms with van der Waals surface area (Å²) >= 11 is 1.75. The van der Waals surface area contributed by atoms with Crippen molar-refractivity contribution in [3.8, 4) is 0 Å². The lowest BCUT2D eigenvalue weighted by atomic mass is 10.3. The molecule has 0 saturated heterocycles. The molecular weight excluding hydrogens is 252 g/mol. The maximum atomic E-state index is 11.8. The molecule has 1 aliphatic carbocycles. The molecule has 1 amide bonds. The fourth-order valence-corrected chi connectivity index (χ4v) is 2.33. The zero-order valence-electron chi connectivity index (χ0n) is 9.97. The van der Waals surface area contributed by atoms with Gasteiger partial charge in [-0.1, -0.05) is 6.07 Å². The summed E-state index contributed by atoms with van der Waals surface area (Å²) in [6, 6.07) is 4.40. The summed E-state index contributed by atoms with van der Waals surface area (Å²) in [5, 5.41) is 11.6. The second kappa shape index (κ2) is 4.97. The van der Waals surface area contributed by atoms with Crippen molar-refractivity contribution in [2.45, 2.75) is 17.6 Å². The fourth-order valence-electron chi connectivity index (χ4n) is 1.60. The number of aromatic carboxylic acids is 1. The Bertz CT molecular complexity index is 486. The molecule has 1 heterocycles. The largest absolute Gasteiger partial charge is 0.477 e. The summed E-state index contributed by atoms with van der Waals surface area (Å²) in [7, 11) is 0. The SMILES string of the molecule is CSC1(CNC(=O)c2cccc(C(=O)O)n2)CC1. The number of hydrogen-bond acceptors (Lipinski definition) is 4. The summed E-state index contributed by atoms with van der Waals surface area (Å²) in [4.78, 5) is 26.4. The first-order valence-electron chi connectivity index (χ1n) is 5.60. The number of carboxylic acids is 1. The Morgan fingerprint density at radius 2 is 2.11 bits per heavy atom. The van der Waals surface area contributed by atoms with E-state index in [1.165, 1.54) is 18.2 Å². The highest BCUT2D eigenvalue weighted by molar-refractivity contribution is 8.00. The van der Waals surface area contributed by atoms with Crippen molar-refractivity contribution in [1.82, 2.24) is 10.3 Å². The number of carbonyl (C=O) groups excluding carboxylic acids is 1. The Labute approximate surface area is 109 Å². The summed E-state index contributed by atoms with van der Waals surface area (Å²) in [5.74, 6) is -1.45. The van der Waals surface area contributed by atoms with E-state index < -0.39 is 5.97 Å². The highest BCUT2D eigenvalue weighted by Gasteiger charge is 2.42.